The van der Waals surface area contributed by atoms with Crippen LogP contribution in [0.4, 0.5) is 8.78 Å². The summed E-state index contributed by atoms with van der Waals surface area (Å²) in [5.74, 6) is 0.394. The number of aromatic nitrogens is 2. The minimum Gasteiger partial charge on any atom is -0.371 e. The Kier molecular flexibility index (Phi) is 4.09. The molecule has 7 heteroatoms. The number of ether oxygens (including phenoxy) is 1. The van der Waals surface area contributed by atoms with Crippen molar-refractivity contribution in [1.82, 2.24) is 14.5 Å². The summed E-state index contributed by atoms with van der Waals surface area (Å²) in [6.07, 6.45) is 2.75. The number of thiophene rings is 1. The van der Waals surface area contributed by atoms with Crippen molar-refractivity contribution in [2.24, 2.45) is 0 Å². The molecule has 4 nitrogen and oxygen atoms in total. The average Bonchev–Trinajstić information content (AvgIpc) is 3.10. The molecule has 1 fully saturated rings. The van der Waals surface area contributed by atoms with Crippen molar-refractivity contribution in [1.29, 1.82) is 0 Å². The van der Waals surface area contributed by atoms with Gasteiger partial charge in [0, 0.05) is 25.5 Å². The van der Waals surface area contributed by atoms with E-state index in [1.807, 2.05) is 11.4 Å². The molecule has 0 saturated carbocycles. The minimum atomic E-state index is -2.54. The van der Waals surface area contributed by atoms with Gasteiger partial charge in [-0.3, -0.25) is 9.47 Å². The standard InChI is InChI=1S/C13H15F2N3OS/c14-13(15)18-3-2-16-12(18)8-17-4-5-19-11(7-17)10-1-6-20-9-10/h1-3,6,9,11,13H,4-5,7-8H2. The number of imidazole rings is 1. The topological polar surface area (TPSA) is 30.3 Å². The zero-order valence-corrected chi connectivity index (χ0v) is 11.6. The molecule has 1 saturated heterocycles. The van der Waals surface area contributed by atoms with Gasteiger partial charge in [-0.2, -0.15) is 20.1 Å². The minimum absolute atomic E-state index is 0.0185. The number of alkyl halides is 2. The monoisotopic (exact) mass is 299 g/mol. The molecule has 2 aromatic heterocycles. The van der Waals surface area contributed by atoms with Crippen LogP contribution in [0.1, 0.15) is 24.0 Å². The van der Waals surface area contributed by atoms with Gasteiger partial charge in [-0.05, 0) is 22.4 Å². The third kappa shape index (κ3) is 2.89. The van der Waals surface area contributed by atoms with Crippen molar-refractivity contribution in [2.45, 2.75) is 19.2 Å². The largest absolute Gasteiger partial charge is 0.371 e. The first-order valence-electron chi connectivity index (χ1n) is 6.40. The van der Waals surface area contributed by atoms with E-state index in [9.17, 15) is 8.78 Å². The van der Waals surface area contributed by atoms with Gasteiger partial charge in [-0.15, -0.1) is 0 Å². The molecule has 0 bridgehead atoms. The first kappa shape index (κ1) is 13.7. The summed E-state index contributed by atoms with van der Waals surface area (Å²) in [5, 5.41) is 4.08. The molecule has 3 rings (SSSR count). The third-order valence-electron chi connectivity index (χ3n) is 3.39. The Morgan fingerprint density at radius 1 is 1.50 bits per heavy atom. The van der Waals surface area contributed by atoms with E-state index in [0.717, 1.165) is 16.7 Å². The van der Waals surface area contributed by atoms with Crippen LogP contribution in [0.25, 0.3) is 0 Å². The van der Waals surface area contributed by atoms with Crippen LogP contribution in [0.5, 0.6) is 0 Å². The van der Waals surface area contributed by atoms with E-state index in [4.69, 9.17) is 4.74 Å². The number of rotatable bonds is 4. The molecule has 1 aliphatic heterocycles. The molecule has 108 valence electrons. The zero-order valence-electron chi connectivity index (χ0n) is 10.8. The maximum atomic E-state index is 12.8. The number of nitrogens with zero attached hydrogens (tertiary/aromatic N) is 3. The molecule has 1 unspecified atom stereocenters. The highest BCUT2D eigenvalue weighted by Gasteiger charge is 2.24. The molecular formula is C13H15F2N3OS. The Labute approximate surface area is 119 Å². The second-order valence-electron chi connectivity index (χ2n) is 4.68. The second-order valence-corrected chi connectivity index (χ2v) is 5.46. The lowest BCUT2D eigenvalue weighted by Crippen LogP contribution is -2.38. The van der Waals surface area contributed by atoms with Crippen molar-refractivity contribution >= 4 is 11.3 Å². The predicted molar refractivity (Wildman–Crippen MR) is 71.8 cm³/mol. The summed E-state index contributed by atoms with van der Waals surface area (Å²) in [6.45, 7) is -0.0814. The van der Waals surface area contributed by atoms with Gasteiger partial charge in [-0.25, -0.2) is 4.98 Å². The lowest BCUT2D eigenvalue weighted by atomic mass is 10.1. The normalized spacial score (nSPS) is 20.6. The lowest BCUT2D eigenvalue weighted by molar-refractivity contribution is -0.0350. The van der Waals surface area contributed by atoms with Gasteiger partial charge >= 0.3 is 6.55 Å². The van der Waals surface area contributed by atoms with E-state index in [0.29, 0.717) is 25.5 Å². The van der Waals surface area contributed by atoms with E-state index in [2.05, 4.69) is 15.3 Å². The average molecular weight is 299 g/mol. The molecular weight excluding hydrogens is 284 g/mol. The maximum absolute atomic E-state index is 12.8. The van der Waals surface area contributed by atoms with Gasteiger partial charge in [0.2, 0.25) is 0 Å². The van der Waals surface area contributed by atoms with Gasteiger partial charge in [-0.1, -0.05) is 0 Å². The Morgan fingerprint density at radius 3 is 3.15 bits per heavy atom. The molecule has 0 N–H and O–H groups in total. The second kappa shape index (κ2) is 5.99. The lowest BCUT2D eigenvalue weighted by Gasteiger charge is -2.32. The van der Waals surface area contributed by atoms with Crippen LogP contribution < -0.4 is 0 Å². The van der Waals surface area contributed by atoms with Crippen LogP contribution in [0.15, 0.2) is 29.2 Å². The third-order valence-corrected chi connectivity index (χ3v) is 4.09. The number of hydrogen-bond donors (Lipinski definition) is 0. The van der Waals surface area contributed by atoms with Gasteiger partial charge in [0.1, 0.15) is 5.82 Å². The van der Waals surface area contributed by atoms with Crippen LogP contribution in [0.2, 0.25) is 0 Å². The molecule has 1 aliphatic rings. The van der Waals surface area contributed by atoms with Crippen molar-refractivity contribution in [3.8, 4) is 0 Å². The number of hydrogen-bond acceptors (Lipinski definition) is 4. The molecule has 20 heavy (non-hydrogen) atoms. The van der Waals surface area contributed by atoms with Crippen LogP contribution in [-0.4, -0.2) is 34.1 Å². The summed E-state index contributed by atoms with van der Waals surface area (Å²) in [5.41, 5.74) is 1.15. The summed E-state index contributed by atoms with van der Waals surface area (Å²) in [7, 11) is 0. The molecule has 0 aliphatic carbocycles. The summed E-state index contributed by atoms with van der Waals surface area (Å²) >= 11 is 1.63. The van der Waals surface area contributed by atoms with E-state index >= 15 is 0 Å². The molecule has 0 radical (unpaired) electrons. The highest BCUT2D eigenvalue weighted by molar-refractivity contribution is 7.07. The highest BCUT2D eigenvalue weighted by atomic mass is 32.1. The Morgan fingerprint density at radius 2 is 2.40 bits per heavy atom. The smallest absolute Gasteiger partial charge is 0.319 e. The van der Waals surface area contributed by atoms with E-state index in [1.165, 1.54) is 12.4 Å². The quantitative estimate of drug-likeness (QED) is 0.869. The molecule has 2 aromatic rings. The first-order chi connectivity index (χ1) is 9.74. The van der Waals surface area contributed by atoms with Crippen LogP contribution in [0, 0.1) is 0 Å². The van der Waals surface area contributed by atoms with Gasteiger partial charge < -0.3 is 4.74 Å². The van der Waals surface area contributed by atoms with Crippen molar-refractivity contribution in [3.05, 3.63) is 40.6 Å². The fraction of sp³-hybridized carbons (Fsp3) is 0.462. The molecule has 0 spiro atoms. The Bertz CT molecular complexity index is 544. The SMILES string of the molecule is FC(F)n1ccnc1CN1CCOC(c2ccsc2)C1. The summed E-state index contributed by atoms with van der Waals surface area (Å²) in [4.78, 5) is 6.13. The summed E-state index contributed by atoms with van der Waals surface area (Å²) < 4.78 is 32.2. The first-order valence-corrected chi connectivity index (χ1v) is 7.34. The maximum Gasteiger partial charge on any atom is 0.319 e. The Balaban J connectivity index is 1.67. The fourth-order valence-corrected chi connectivity index (χ4v) is 3.05. The van der Waals surface area contributed by atoms with Crippen LogP contribution in [-0.2, 0) is 11.3 Å². The van der Waals surface area contributed by atoms with Crippen LogP contribution >= 0.6 is 11.3 Å². The van der Waals surface area contributed by atoms with Crippen molar-refractivity contribution < 1.29 is 13.5 Å². The molecule has 3 heterocycles. The van der Waals surface area contributed by atoms with E-state index < -0.39 is 6.55 Å². The van der Waals surface area contributed by atoms with E-state index in [-0.39, 0.29) is 6.10 Å². The number of morpholine rings is 1. The molecule has 0 amide bonds. The highest BCUT2D eigenvalue weighted by Crippen LogP contribution is 2.25. The van der Waals surface area contributed by atoms with Crippen LogP contribution in [0.3, 0.4) is 0 Å². The van der Waals surface area contributed by atoms with Crippen molar-refractivity contribution in [2.75, 3.05) is 19.7 Å². The zero-order chi connectivity index (χ0) is 13.9. The fourth-order valence-electron chi connectivity index (χ4n) is 2.35. The van der Waals surface area contributed by atoms with Gasteiger partial charge in [0.25, 0.3) is 0 Å². The Hall–Kier alpha value is -1.31. The predicted octanol–water partition coefficient (Wildman–Crippen LogP) is 2.91. The summed E-state index contributed by atoms with van der Waals surface area (Å²) in [6, 6.07) is 2.04. The molecule has 1 atom stereocenters. The molecule has 0 aromatic carbocycles. The van der Waals surface area contributed by atoms with Crippen molar-refractivity contribution in [3.63, 3.8) is 0 Å². The van der Waals surface area contributed by atoms with Gasteiger partial charge in [0.05, 0.1) is 19.3 Å². The van der Waals surface area contributed by atoms with E-state index in [1.54, 1.807) is 11.3 Å². The van der Waals surface area contributed by atoms with Gasteiger partial charge in [0.15, 0.2) is 0 Å². The number of halogens is 2.